The van der Waals surface area contributed by atoms with Gasteiger partial charge in [0.2, 0.25) is 0 Å². The molecular formula is C11H19NO3. The van der Waals surface area contributed by atoms with Crippen molar-refractivity contribution in [2.24, 2.45) is 5.92 Å². The van der Waals surface area contributed by atoms with Crippen molar-refractivity contribution in [3.63, 3.8) is 0 Å². The molecule has 0 aromatic heterocycles. The second-order valence-corrected chi connectivity index (χ2v) is 4.62. The Labute approximate surface area is 90.3 Å². The molecule has 0 radical (unpaired) electrons. The Bertz CT molecular complexity index is 236. The molecule has 1 unspecified atom stereocenters. The van der Waals surface area contributed by atoms with E-state index in [4.69, 9.17) is 9.47 Å². The van der Waals surface area contributed by atoms with Gasteiger partial charge in [0.15, 0.2) is 0 Å². The molecule has 1 N–H and O–H groups in total. The van der Waals surface area contributed by atoms with Gasteiger partial charge in [-0.05, 0) is 31.7 Å². The summed E-state index contributed by atoms with van der Waals surface area (Å²) in [6.45, 7) is 2.63. The maximum atomic E-state index is 11.2. The Morgan fingerprint density at radius 1 is 1.53 bits per heavy atom. The standard InChI is InChI=1S/C11H19NO3/c1-14-10(13)6-9-7-11(12-8-9)2-4-15-5-3-11/h9,12H,2-8H2,1H3. The zero-order chi connectivity index (χ0) is 10.7. The highest BCUT2D eigenvalue weighted by Crippen LogP contribution is 2.34. The van der Waals surface area contributed by atoms with Crippen LogP contribution in [0, 0.1) is 5.92 Å². The third-order valence-electron chi connectivity index (χ3n) is 3.58. The summed E-state index contributed by atoms with van der Waals surface area (Å²) < 4.78 is 10.1. The molecular weight excluding hydrogens is 194 g/mol. The van der Waals surface area contributed by atoms with E-state index in [-0.39, 0.29) is 11.5 Å². The first-order valence-electron chi connectivity index (χ1n) is 5.64. The normalized spacial score (nSPS) is 29.3. The zero-order valence-electron chi connectivity index (χ0n) is 9.25. The summed E-state index contributed by atoms with van der Waals surface area (Å²) in [6, 6.07) is 0. The maximum absolute atomic E-state index is 11.2. The molecule has 0 aromatic rings. The summed E-state index contributed by atoms with van der Waals surface area (Å²) in [5, 5.41) is 3.56. The molecule has 2 heterocycles. The molecule has 1 spiro atoms. The lowest BCUT2D eigenvalue weighted by Gasteiger charge is -2.33. The van der Waals surface area contributed by atoms with Crippen LogP contribution in [0.1, 0.15) is 25.7 Å². The number of rotatable bonds is 2. The highest BCUT2D eigenvalue weighted by atomic mass is 16.5. The van der Waals surface area contributed by atoms with E-state index in [9.17, 15) is 4.79 Å². The van der Waals surface area contributed by atoms with Crippen LogP contribution in [0.2, 0.25) is 0 Å². The second kappa shape index (κ2) is 4.49. The Morgan fingerprint density at radius 2 is 2.27 bits per heavy atom. The fraction of sp³-hybridized carbons (Fsp3) is 0.909. The predicted octanol–water partition coefficient (Wildman–Crippen LogP) is 0.708. The molecule has 2 aliphatic heterocycles. The molecule has 0 saturated carbocycles. The minimum atomic E-state index is -0.0918. The van der Waals surface area contributed by atoms with Gasteiger partial charge in [-0.1, -0.05) is 0 Å². The molecule has 0 bridgehead atoms. The van der Waals surface area contributed by atoms with Gasteiger partial charge < -0.3 is 14.8 Å². The van der Waals surface area contributed by atoms with Gasteiger partial charge in [-0.25, -0.2) is 0 Å². The Morgan fingerprint density at radius 3 is 2.93 bits per heavy atom. The van der Waals surface area contributed by atoms with Crippen molar-refractivity contribution >= 4 is 5.97 Å². The summed E-state index contributed by atoms with van der Waals surface area (Å²) in [5.41, 5.74) is 0.247. The molecule has 0 aliphatic carbocycles. The molecule has 86 valence electrons. The van der Waals surface area contributed by atoms with Gasteiger partial charge in [-0.3, -0.25) is 4.79 Å². The van der Waals surface area contributed by atoms with E-state index < -0.39 is 0 Å². The predicted molar refractivity (Wildman–Crippen MR) is 55.5 cm³/mol. The lowest BCUT2D eigenvalue weighted by Crippen LogP contribution is -2.44. The van der Waals surface area contributed by atoms with E-state index in [0.717, 1.165) is 39.0 Å². The van der Waals surface area contributed by atoms with Gasteiger partial charge in [0.1, 0.15) is 0 Å². The first-order chi connectivity index (χ1) is 7.24. The van der Waals surface area contributed by atoms with Crippen molar-refractivity contribution in [2.75, 3.05) is 26.9 Å². The van der Waals surface area contributed by atoms with Crippen LogP contribution in [-0.4, -0.2) is 38.4 Å². The van der Waals surface area contributed by atoms with Crippen molar-refractivity contribution in [3.05, 3.63) is 0 Å². The SMILES string of the molecule is COC(=O)CC1CNC2(CCOCC2)C1. The van der Waals surface area contributed by atoms with Gasteiger partial charge in [0.25, 0.3) is 0 Å². The Kier molecular flexibility index (Phi) is 3.26. The van der Waals surface area contributed by atoms with Crippen molar-refractivity contribution in [3.8, 4) is 0 Å². The molecule has 4 nitrogen and oxygen atoms in total. The zero-order valence-corrected chi connectivity index (χ0v) is 9.25. The number of nitrogens with one attached hydrogen (secondary N) is 1. The van der Waals surface area contributed by atoms with E-state index in [1.807, 2.05) is 0 Å². The number of carbonyl (C=O) groups excluding carboxylic acids is 1. The molecule has 2 rings (SSSR count). The second-order valence-electron chi connectivity index (χ2n) is 4.62. The summed E-state index contributed by atoms with van der Waals surface area (Å²) in [7, 11) is 1.45. The van der Waals surface area contributed by atoms with E-state index in [1.165, 1.54) is 7.11 Å². The van der Waals surface area contributed by atoms with Crippen molar-refractivity contribution in [1.82, 2.24) is 5.32 Å². The Hall–Kier alpha value is -0.610. The van der Waals surface area contributed by atoms with Crippen LogP contribution in [0.15, 0.2) is 0 Å². The van der Waals surface area contributed by atoms with Crippen LogP contribution in [0.3, 0.4) is 0 Å². The van der Waals surface area contributed by atoms with E-state index in [2.05, 4.69) is 5.32 Å². The summed E-state index contributed by atoms with van der Waals surface area (Å²) >= 11 is 0. The van der Waals surface area contributed by atoms with Crippen LogP contribution >= 0.6 is 0 Å². The van der Waals surface area contributed by atoms with Crippen LogP contribution in [-0.2, 0) is 14.3 Å². The molecule has 15 heavy (non-hydrogen) atoms. The number of hydrogen-bond donors (Lipinski definition) is 1. The van der Waals surface area contributed by atoms with Gasteiger partial charge >= 0.3 is 5.97 Å². The van der Waals surface area contributed by atoms with Gasteiger partial charge in [-0.2, -0.15) is 0 Å². The third-order valence-corrected chi connectivity index (χ3v) is 3.58. The molecule has 0 amide bonds. The number of methoxy groups -OCH3 is 1. The summed E-state index contributed by atoms with van der Waals surface area (Å²) in [5.74, 6) is 0.349. The van der Waals surface area contributed by atoms with Gasteiger partial charge in [0.05, 0.1) is 7.11 Å². The van der Waals surface area contributed by atoms with Crippen LogP contribution < -0.4 is 5.32 Å². The fourth-order valence-corrected chi connectivity index (χ4v) is 2.66. The molecule has 4 heteroatoms. The van der Waals surface area contributed by atoms with Gasteiger partial charge in [0, 0.05) is 25.2 Å². The molecule has 0 aromatic carbocycles. The minimum Gasteiger partial charge on any atom is -0.469 e. The molecule has 2 aliphatic rings. The highest BCUT2D eigenvalue weighted by molar-refractivity contribution is 5.69. The minimum absolute atomic E-state index is 0.0918. The van der Waals surface area contributed by atoms with E-state index in [1.54, 1.807) is 0 Å². The lowest BCUT2D eigenvalue weighted by molar-refractivity contribution is -0.141. The molecule has 1 atom stereocenters. The van der Waals surface area contributed by atoms with Crippen molar-refractivity contribution in [1.29, 1.82) is 0 Å². The molecule has 2 saturated heterocycles. The average Bonchev–Trinajstić information content (AvgIpc) is 2.62. The molecule has 2 fully saturated rings. The quantitative estimate of drug-likeness (QED) is 0.686. The smallest absolute Gasteiger partial charge is 0.305 e. The van der Waals surface area contributed by atoms with E-state index in [0.29, 0.717) is 12.3 Å². The number of hydrogen-bond acceptors (Lipinski definition) is 4. The summed E-state index contributed by atoms with van der Waals surface area (Å²) in [6.07, 6.45) is 3.78. The lowest BCUT2D eigenvalue weighted by atomic mass is 9.85. The van der Waals surface area contributed by atoms with Crippen LogP contribution in [0.5, 0.6) is 0 Å². The number of carbonyl (C=O) groups is 1. The maximum Gasteiger partial charge on any atom is 0.305 e. The number of ether oxygens (including phenoxy) is 2. The van der Waals surface area contributed by atoms with E-state index >= 15 is 0 Å². The third kappa shape index (κ3) is 2.49. The van der Waals surface area contributed by atoms with Gasteiger partial charge in [-0.15, -0.1) is 0 Å². The highest BCUT2D eigenvalue weighted by Gasteiger charge is 2.40. The number of esters is 1. The van der Waals surface area contributed by atoms with Crippen molar-refractivity contribution < 1.29 is 14.3 Å². The summed E-state index contributed by atoms with van der Waals surface area (Å²) in [4.78, 5) is 11.2. The fourth-order valence-electron chi connectivity index (χ4n) is 2.66. The van der Waals surface area contributed by atoms with Crippen LogP contribution in [0.4, 0.5) is 0 Å². The monoisotopic (exact) mass is 213 g/mol. The van der Waals surface area contributed by atoms with Crippen LogP contribution in [0.25, 0.3) is 0 Å². The average molecular weight is 213 g/mol. The first kappa shape index (κ1) is 10.9. The first-order valence-corrected chi connectivity index (χ1v) is 5.64. The topological polar surface area (TPSA) is 47.6 Å². The largest absolute Gasteiger partial charge is 0.469 e. The van der Waals surface area contributed by atoms with Crippen molar-refractivity contribution in [2.45, 2.75) is 31.2 Å². The Balaban J connectivity index is 1.85.